The number of hydrogen-bond donors (Lipinski definition) is 1. The minimum absolute atomic E-state index is 0.0348. The van der Waals surface area contributed by atoms with Crippen LogP contribution in [0.4, 0.5) is 0 Å². The van der Waals surface area contributed by atoms with E-state index in [4.69, 9.17) is 18.5 Å². The van der Waals surface area contributed by atoms with Gasteiger partial charge in [-0.15, -0.1) is 0 Å². The summed E-state index contributed by atoms with van der Waals surface area (Å²) < 4.78 is 34.7. The molecule has 0 aromatic rings. The highest BCUT2D eigenvalue weighted by atomic mass is 31.2. The maximum absolute atomic E-state index is 12.9. The normalized spacial score (nSPS) is 13.3. The maximum Gasteiger partial charge on any atom is 0.472 e. The van der Waals surface area contributed by atoms with Crippen molar-refractivity contribution in [3.63, 3.8) is 0 Å². The molecule has 0 aliphatic rings. The third kappa shape index (κ3) is 65.3. The second-order valence-corrected chi connectivity index (χ2v) is 26.0. The Labute approximate surface area is 491 Å². The van der Waals surface area contributed by atoms with Crippen LogP contribution >= 0.6 is 7.82 Å². The smallest absolute Gasteiger partial charge is 0.462 e. The van der Waals surface area contributed by atoms with Gasteiger partial charge in [0.2, 0.25) is 0 Å². The number of phosphoric ester groups is 1. The first-order valence-electron chi connectivity index (χ1n) is 34.2. The van der Waals surface area contributed by atoms with Crippen molar-refractivity contribution in [1.82, 2.24) is 0 Å². The van der Waals surface area contributed by atoms with Crippen LogP contribution in [0.5, 0.6) is 0 Å². The van der Waals surface area contributed by atoms with Crippen LogP contribution in [0.2, 0.25) is 0 Å². The number of rotatable bonds is 64. The van der Waals surface area contributed by atoms with Gasteiger partial charge in [0.05, 0.1) is 27.7 Å². The van der Waals surface area contributed by atoms with Crippen LogP contribution < -0.4 is 0 Å². The SMILES string of the molecule is CCCCCCC/C=C\C/C=C\C/C=C\CCCCCCCCCCCCCCCCCCCCC(=O)OC(COC(=O)CCCCCCCCCCCCCCCCCCCCCCCC)COP(=O)(O)OCC[N+](C)(C)C. The maximum atomic E-state index is 12.9. The van der Waals surface area contributed by atoms with Crippen LogP contribution in [-0.4, -0.2) is 74.9 Å². The molecule has 0 aromatic heterocycles. The zero-order valence-corrected chi connectivity index (χ0v) is 54.0. The summed E-state index contributed by atoms with van der Waals surface area (Å²) in [6, 6.07) is 0. The van der Waals surface area contributed by atoms with E-state index in [2.05, 4.69) is 50.3 Å². The summed E-state index contributed by atoms with van der Waals surface area (Å²) in [5, 5.41) is 0. The largest absolute Gasteiger partial charge is 0.472 e. The van der Waals surface area contributed by atoms with E-state index in [1.165, 1.54) is 263 Å². The van der Waals surface area contributed by atoms with Crippen molar-refractivity contribution in [2.75, 3.05) is 47.5 Å². The molecule has 0 rings (SSSR count). The van der Waals surface area contributed by atoms with Gasteiger partial charge >= 0.3 is 19.8 Å². The van der Waals surface area contributed by atoms with Gasteiger partial charge in [-0.25, -0.2) is 4.57 Å². The van der Waals surface area contributed by atoms with E-state index in [-0.39, 0.29) is 25.6 Å². The zero-order valence-electron chi connectivity index (χ0n) is 53.1. The Kier molecular flexibility index (Phi) is 59.4. The fourth-order valence-corrected chi connectivity index (χ4v) is 10.9. The van der Waals surface area contributed by atoms with Crippen molar-refractivity contribution in [2.24, 2.45) is 0 Å². The summed E-state index contributed by atoms with van der Waals surface area (Å²) in [5.41, 5.74) is 0. The molecule has 0 radical (unpaired) electrons. The van der Waals surface area contributed by atoms with E-state index in [9.17, 15) is 19.0 Å². The van der Waals surface area contributed by atoms with Crippen molar-refractivity contribution >= 4 is 19.8 Å². The average molecular weight is 1140 g/mol. The molecule has 0 spiro atoms. The minimum Gasteiger partial charge on any atom is -0.462 e. The Balaban J connectivity index is 4.00. The van der Waals surface area contributed by atoms with E-state index < -0.39 is 26.5 Å². The summed E-state index contributed by atoms with van der Waals surface area (Å²) in [4.78, 5) is 35.8. The summed E-state index contributed by atoms with van der Waals surface area (Å²) in [7, 11) is 1.50. The molecule has 0 saturated carbocycles. The number of quaternary nitrogens is 1. The van der Waals surface area contributed by atoms with Gasteiger partial charge in [0.1, 0.15) is 19.8 Å². The Bertz CT molecular complexity index is 1430. The van der Waals surface area contributed by atoms with Gasteiger partial charge in [-0.3, -0.25) is 18.6 Å². The van der Waals surface area contributed by atoms with Gasteiger partial charge in [-0.1, -0.05) is 314 Å². The number of ether oxygens (including phenoxy) is 2. The number of esters is 2. The van der Waals surface area contributed by atoms with Crippen LogP contribution in [0.3, 0.4) is 0 Å². The fraction of sp³-hybridized carbons (Fsp3) is 0.884. The van der Waals surface area contributed by atoms with Crippen molar-refractivity contribution in [3.05, 3.63) is 36.5 Å². The number of carbonyl (C=O) groups excluding carboxylic acids is 2. The predicted octanol–water partition coefficient (Wildman–Crippen LogP) is 21.9. The van der Waals surface area contributed by atoms with Gasteiger partial charge in [0, 0.05) is 12.8 Å². The van der Waals surface area contributed by atoms with Gasteiger partial charge < -0.3 is 18.9 Å². The number of carbonyl (C=O) groups is 2. The molecular formula is C69H133NO8P+. The second kappa shape index (κ2) is 60.8. The molecular weight excluding hydrogens is 1000 g/mol. The van der Waals surface area contributed by atoms with E-state index in [0.717, 1.165) is 44.9 Å². The van der Waals surface area contributed by atoms with Crippen molar-refractivity contribution < 1.29 is 42.1 Å². The van der Waals surface area contributed by atoms with Crippen molar-refractivity contribution in [2.45, 2.75) is 347 Å². The molecule has 0 aliphatic heterocycles. The first kappa shape index (κ1) is 77.2. The summed E-state index contributed by atoms with van der Waals surface area (Å²) in [5.74, 6) is -0.776. The lowest BCUT2D eigenvalue weighted by atomic mass is 10.0. The van der Waals surface area contributed by atoms with Crippen LogP contribution in [0.1, 0.15) is 341 Å². The zero-order chi connectivity index (χ0) is 57.7. The Morgan fingerprint density at radius 2 is 0.684 bits per heavy atom. The van der Waals surface area contributed by atoms with E-state index in [1.54, 1.807) is 0 Å². The van der Waals surface area contributed by atoms with Gasteiger partial charge in [-0.05, 0) is 51.4 Å². The highest BCUT2D eigenvalue weighted by Crippen LogP contribution is 2.43. The molecule has 2 atom stereocenters. The van der Waals surface area contributed by atoms with Gasteiger partial charge in [0.25, 0.3) is 0 Å². The number of allylic oxidation sites excluding steroid dienone is 6. The lowest BCUT2D eigenvalue weighted by Crippen LogP contribution is -2.37. The highest BCUT2D eigenvalue weighted by molar-refractivity contribution is 7.47. The molecule has 10 heteroatoms. The van der Waals surface area contributed by atoms with Crippen LogP contribution in [-0.2, 0) is 32.7 Å². The van der Waals surface area contributed by atoms with Crippen LogP contribution in [0, 0.1) is 0 Å². The summed E-state index contributed by atoms with van der Waals surface area (Å²) in [6.45, 7) is 4.49. The lowest BCUT2D eigenvalue weighted by molar-refractivity contribution is -0.870. The molecule has 79 heavy (non-hydrogen) atoms. The molecule has 0 bridgehead atoms. The predicted molar refractivity (Wildman–Crippen MR) is 340 cm³/mol. The third-order valence-corrected chi connectivity index (χ3v) is 16.4. The van der Waals surface area contributed by atoms with Crippen molar-refractivity contribution in [1.29, 1.82) is 0 Å². The average Bonchev–Trinajstić information content (AvgIpc) is 3.41. The van der Waals surface area contributed by atoms with Gasteiger partial charge in [-0.2, -0.15) is 0 Å². The topological polar surface area (TPSA) is 108 Å². The molecule has 0 heterocycles. The van der Waals surface area contributed by atoms with Gasteiger partial charge in [0.15, 0.2) is 6.10 Å². The number of phosphoric acid groups is 1. The van der Waals surface area contributed by atoms with E-state index in [1.807, 2.05) is 21.1 Å². The minimum atomic E-state index is -4.39. The van der Waals surface area contributed by atoms with E-state index >= 15 is 0 Å². The van der Waals surface area contributed by atoms with Crippen LogP contribution in [0.25, 0.3) is 0 Å². The molecule has 466 valence electrons. The molecule has 0 amide bonds. The Morgan fingerprint density at radius 3 is 1.01 bits per heavy atom. The molecule has 9 nitrogen and oxygen atoms in total. The number of hydrogen-bond acceptors (Lipinski definition) is 7. The Hall–Kier alpha value is -1.77. The fourth-order valence-electron chi connectivity index (χ4n) is 10.1. The number of nitrogens with zero attached hydrogens (tertiary/aromatic N) is 1. The third-order valence-electron chi connectivity index (χ3n) is 15.4. The molecule has 0 aliphatic carbocycles. The highest BCUT2D eigenvalue weighted by Gasteiger charge is 2.27. The second-order valence-electron chi connectivity index (χ2n) is 24.6. The molecule has 0 fully saturated rings. The summed E-state index contributed by atoms with van der Waals surface area (Å²) >= 11 is 0. The lowest BCUT2D eigenvalue weighted by Gasteiger charge is -2.24. The first-order chi connectivity index (χ1) is 38.5. The molecule has 2 unspecified atom stereocenters. The number of likely N-dealkylation sites (N-methyl/N-ethyl adjacent to an activating group) is 1. The number of unbranched alkanes of at least 4 members (excludes halogenated alkanes) is 44. The first-order valence-corrected chi connectivity index (χ1v) is 35.7. The van der Waals surface area contributed by atoms with Crippen LogP contribution in [0.15, 0.2) is 36.5 Å². The molecule has 0 aromatic carbocycles. The standard InChI is InChI=1S/C69H132NO8P/c1-6-8-10-12-14-16-18-20-22-24-26-28-30-31-32-33-34-35-36-37-38-39-40-42-44-46-48-50-52-54-56-58-60-62-69(72)78-67(66-77-79(73,74)76-64-63-70(3,4)5)65-75-68(71)61-59-57-55-53-51-49-47-45-43-41-29-27-25-23-21-19-17-15-13-11-9-7-2/h18,20,24,26,30-31,67H,6-17,19,21-23,25,27-29,32-66H2,1-5H3/p+1/b20-18-,26-24-,31-30-. The molecule has 0 saturated heterocycles. The summed E-state index contributed by atoms with van der Waals surface area (Å²) in [6.07, 6.45) is 76.7. The Morgan fingerprint density at radius 1 is 0.392 bits per heavy atom. The van der Waals surface area contributed by atoms with Crippen molar-refractivity contribution in [3.8, 4) is 0 Å². The quantitative estimate of drug-likeness (QED) is 0.0211. The molecule has 1 N–H and O–H groups in total. The van der Waals surface area contributed by atoms with E-state index in [0.29, 0.717) is 23.9 Å². The monoisotopic (exact) mass is 1130 g/mol.